The Hall–Kier alpha value is -1.58. The number of carbonyl (C=O) groups is 1. The van der Waals surface area contributed by atoms with Crippen LogP contribution in [0.2, 0.25) is 0 Å². The maximum absolute atomic E-state index is 13.7. The van der Waals surface area contributed by atoms with Crippen molar-refractivity contribution in [1.82, 2.24) is 5.32 Å². The minimum atomic E-state index is -0.428. The second kappa shape index (κ2) is 5.38. The maximum atomic E-state index is 13.7. The summed E-state index contributed by atoms with van der Waals surface area (Å²) in [4.78, 5) is 13.4. The van der Waals surface area contributed by atoms with E-state index in [-0.39, 0.29) is 11.7 Å². The molecule has 0 radical (unpaired) electrons. The number of hydrogen-bond acceptors (Lipinski definition) is 2. The molecule has 0 heterocycles. The Morgan fingerprint density at radius 1 is 1.33 bits per heavy atom. The third-order valence-corrected chi connectivity index (χ3v) is 2.63. The number of hydrogen-bond donors (Lipinski definition) is 1. The van der Waals surface area contributed by atoms with Gasteiger partial charge in [-0.2, -0.15) is 0 Å². The normalized spacial score (nSPS) is 11.2. The third kappa shape index (κ3) is 3.72. The fraction of sp³-hybridized carbons (Fsp3) is 0.500. The molecule has 0 aliphatic carbocycles. The highest BCUT2D eigenvalue weighted by atomic mass is 19.1. The van der Waals surface area contributed by atoms with Gasteiger partial charge in [-0.3, -0.25) is 4.79 Å². The summed E-state index contributed by atoms with van der Waals surface area (Å²) in [6, 6.07) is 4.99. The van der Waals surface area contributed by atoms with Gasteiger partial charge in [0, 0.05) is 26.1 Å². The lowest BCUT2D eigenvalue weighted by atomic mass is 9.95. The lowest BCUT2D eigenvalue weighted by Crippen LogP contribution is -2.34. The number of benzene rings is 1. The van der Waals surface area contributed by atoms with E-state index in [1.165, 1.54) is 6.07 Å². The predicted molar refractivity (Wildman–Crippen MR) is 72.0 cm³/mol. The molecule has 0 unspecified atom stereocenters. The molecule has 0 aliphatic heterocycles. The van der Waals surface area contributed by atoms with Gasteiger partial charge in [-0.1, -0.05) is 26.8 Å². The average molecular weight is 252 g/mol. The highest BCUT2D eigenvalue weighted by molar-refractivity contribution is 5.81. The molecule has 0 aliphatic rings. The molecule has 0 fully saturated rings. The number of nitrogens with one attached hydrogen (secondary N) is 1. The Morgan fingerprint density at radius 3 is 2.39 bits per heavy atom. The van der Waals surface area contributed by atoms with Crippen molar-refractivity contribution in [3.63, 3.8) is 0 Å². The van der Waals surface area contributed by atoms with Crippen LogP contribution in [-0.4, -0.2) is 20.0 Å². The number of halogens is 1. The first kappa shape index (κ1) is 14.5. The number of amides is 1. The summed E-state index contributed by atoms with van der Waals surface area (Å²) >= 11 is 0. The van der Waals surface area contributed by atoms with Crippen molar-refractivity contribution in [3.8, 4) is 0 Å². The van der Waals surface area contributed by atoms with Gasteiger partial charge < -0.3 is 10.2 Å². The minimum Gasteiger partial charge on any atom is -0.375 e. The van der Waals surface area contributed by atoms with Gasteiger partial charge in [0.2, 0.25) is 5.91 Å². The molecule has 0 bridgehead atoms. The molecule has 3 nitrogen and oxygen atoms in total. The van der Waals surface area contributed by atoms with Crippen molar-refractivity contribution in [1.29, 1.82) is 0 Å². The van der Waals surface area contributed by atoms with Crippen molar-refractivity contribution in [3.05, 3.63) is 29.6 Å². The number of nitrogens with zero attached hydrogens (tertiary/aromatic N) is 1. The number of carbonyl (C=O) groups excluding carboxylic acids is 1. The highest BCUT2D eigenvalue weighted by Crippen LogP contribution is 2.18. The van der Waals surface area contributed by atoms with Gasteiger partial charge in [0.05, 0.1) is 5.69 Å². The van der Waals surface area contributed by atoms with Crippen LogP contribution in [0, 0.1) is 11.2 Å². The molecule has 0 atom stereocenters. The van der Waals surface area contributed by atoms with Gasteiger partial charge in [-0.25, -0.2) is 4.39 Å². The summed E-state index contributed by atoms with van der Waals surface area (Å²) in [6.07, 6.45) is 0. The zero-order valence-corrected chi connectivity index (χ0v) is 11.7. The van der Waals surface area contributed by atoms with E-state index in [1.54, 1.807) is 25.1 Å². The molecule has 4 heteroatoms. The summed E-state index contributed by atoms with van der Waals surface area (Å²) in [5.41, 5.74) is 0.874. The fourth-order valence-corrected chi connectivity index (χ4v) is 1.47. The quantitative estimate of drug-likeness (QED) is 0.896. The Balaban J connectivity index is 2.70. The number of rotatable bonds is 3. The molecule has 1 rings (SSSR count). The van der Waals surface area contributed by atoms with E-state index in [2.05, 4.69) is 5.32 Å². The first-order valence-corrected chi connectivity index (χ1v) is 5.96. The summed E-state index contributed by atoms with van der Waals surface area (Å²) in [7, 11) is 3.58. The smallest absolute Gasteiger partial charge is 0.225 e. The molecule has 0 saturated carbocycles. The van der Waals surface area contributed by atoms with Crippen molar-refractivity contribution in [2.75, 3.05) is 19.0 Å². The molecule has 0 aromatic heterocycles. The van der Waals surface area contributed by atoms with E-state index in [1.807, 2.05) is 26.8 Å². The fourth-order valence-electron chi connectivity index (χ4n) is 1.47. The van der Waals surface area contributed by atoms with Gasteiger partial charge in [0.15, 0.2) is 0 Å². The van der Waals surface area contributed by atoms with Crippen LogP contribution in [-0.2, 0) is 11.3 Å². The van der Waals surface area contributed by atoms with Crippen molar-refractivity contribution < 1.29 is 9.18 Å². The maximum Gasteiger partial charge on any atom is 0.225 e. The van der Waals surface area contributed by atoms with Crippen molar-refractivity contribution in [2.24, 2.45) is 5.41 Å². The zero-order chi connectivity index (χ0) is 13.9. The standard InChI is InChI=1S/C14H21FN2O/c1-14(2,3)13(18)16-9-10-6-7-12(17(4)5)11(15)8-10/h6-8H,9H2,1-5H3,(H,16,18). The van der Waals surface area contributed by atoms with Gasteiger partial charge in [0.1, 0.15) is 5.82 Å². The molecule has 0 saturated heterocycles. The van der Waals surface area contributed by atoms with Crippen molar-refractivity contribution >= 4 is 11.6 Å². The van der Waals surface area contributed by atoms with Crippen LogP contribution in [0.3, 0.4) is 0 Å². The molecule has 18 heavy (non-hydrogen) atoms. The molecular weight excluding hydrogens is 231 g/mol. The second-order valence-electron chi connectivity index (χ2n) is 5.61. The van der Waals surface area contributed by atoms with E-state index >= 15 is 0 Å². The monoisotopic (exact) mass is 252 g/mol. The molecular formula is C14H21FN2O. The van der Waals surface area contributed by atoms with E-state index in [0.717, 1.165) is 5.56 Å². The van der Waals surface area contributed by atoms with Crippen LogP contribution in [0.15, 0.2) is 18.2 Å². The Kier molecular flexibility index (Phi) is 4.33. The average Bonchev–Trinajstić information content (AvgIpc) is 2.24. The van der Waals surface area contributed by atoms with Crippen LogP contribution in [0.25, 0.3) is 0 Å². The van der Waals surface area contributed by atoms with Crippen molar-refractivity contribution in [2.45, 2.75) is 27.3 Å². The Labute approximate surface area is 108 Å². The Morgan fingerprint density at radius 2 is 1.94 bits per heavy atom. The SMILES string of the molecule is CN(C)c1ccc(CNC(=O)C(C)(C)C)cc1F. The first-order chi connectivity index (χ1) is 8.21. The summed E-state index contributed by atoms with van der Waals surface area (Å²) in [5, 5.41) is 2.80. The van der Waals surface area contributed by atoms with Crippen LogP contribution in [0.1, 0.15) is 26.3 Å². The summed E-state index contributed by atoms with van der Waals surface area (Å²) in [6.45, 7) is 5.88. The topological polar surface area (TPSA) is 32.3 Å². The van der Waals surface area contributed by atoms with E-state index in [9.17, 15) is 9.18 Å². The van der Waals surface area contributed by atoms with Gasteiger partial charge in [-0.15, -0.1) is 0 Å². The molecule has 0 spiro atoms. The van der Waals surface area contributed by atoms with Crippen LogP contribution in [0.4, 0.5) is 10.1 Å². The van der Waals surface area contributed by atoms with Gasteiger partial charge >= 0.3 is 0 Å². The molecule has 1 amide bonds. The molecule has 1 aromatic carbocycles. The summed E-state index contributed by atoms with van der Waals surface area (Å²) < 4.78 is 13.7. The van der Waals surface area contributed by atoms with Gasteiger partial charge in [0.25, 0.3) is 0 Å². The Bertz CT molecular complexity index is 436. The highest BCUT2D eigenvalue weighted by Gasteiger charge is 2.20. The minimum absolute atomic E-state index is 0.0420. The summed E-state index contributed by atoms with van der Waals surface area (Å²) in [5.74, 6) is -0.317. The van der Waals surface area contributed by atoms with Crippen LogP contribution >= 0.6 is 0 Å². The van der Waals surface area contributed by atoms with E-state index < -0.39 is 5.41 Å². The lowest BCUT2D eigenvalue weighted by Gasteiger charge is -2.18. The predicted octanol–water partition coefficient (Wildman–Crippen LogP) is 2.55. The van der Waals surface area contributed by atoms with E-state index in [4.69, 9.17) is 0 Å². The van der Waals surface area contributed by atoms with Crippen LogP contribution in [0.5, 0.6) is 0 Å². The van der Waals surface area contributed by atoms with Gasteiger partial charge in [-0.05, 0) is 17.7 Å². The molecule has 1 N–H and O–H groups in total. The lowest BCUT2D eigenvalue weighted by molar-refractivity contribution is -0.128. The van der Waals surface area contributed by atoms with E-state index in [0.29, 0.717) is 12.2 Å². The number of anilines is 1. The van der Waals surface area contributed by atoms with Crippen LogP contribution < -0.4 is 10.2 Å². The molecule has 1 aromatic rings. The zero-order valence-electron chi connectivity index (χ0n) is 11.7. The molecule has 100 valence electrons. The largest absolute Gasteiger partial charge is 0.375 e. The third-order valence-electron chi connectivity index (χ3n) is 2.63. The first-order valence-electron chi connectivity index (χ1n) is 5.96. The second-order valence-corrected chi connectivity index (χ2v) is 5.61.